The number of fused-ring (bicyclic) bond motifs is 1. The van der Waals surface area contributed by atoms with Gasteiger partial charge < -0.3 is 19.9 Å². The molecule has 3 aromatic carbocycles. The molecule has 1 N–H and O–H groups in total. The van der Waals surface area contributed by atoms with E-state index < -0.39 is 5.60 Å². The Balaban J connectivity index is 1.33. The number of ether oxygens (including phenoxy) is 1. The normalized spacial score (nSPS) is 14.7. The van der Waals surface area contributed by atoms with Crippen molar-refractivity contribution in [3.8, 4) is 11.1 Å². The molecule has 0 spiro atoms. The Morgan fingerprint density at radius 1 is 0.976 bits per heavy atom. The Bertz CT molecular complexity index is 1580. The molecule has 1 unspecified atom stereocenters. The van der Waals surface area contributed by atoms with Gasteiger partial charge in [0.2, 0.25) is 0 Å². The zero-order valence-corrected chi connectivity index (χ0v) is 24.8. The highest BCUT2D eigenvalue weighted by Crippen LogP contribution is 2.31. The predicted octanol–water partition coefficient (Wildman–Crippen LogP) is 6.10. The summed E-state index contributed by atoms with van der Waals surface area (Å²) in [6.07, 6.45) is 3.58. The highest BCUT2D eigenvalue weighted by atomic mass is 16.6. The van der Waals surface area contributed by atoms with E-state index in [1.54, 1.807) is 9.58 Å². The smallest absolute Gasteiger partial charge is 0.410 e. The fourth-order valence-electron chi connectivity index (χ4n) is 5.31. The first-order chi connectivity index (χ1) is 19.5. The van der Waals surface area contributed by atoms with Gasteiger partial charge in [-0.3, -0.25) is 9.48 Å². The molecule has 8 heteroatoms. The summed E-state index contributed by atoms with van der Waals surface area (Å²) >= 11 is 0. The molecule has 1 aliphatic rings. The number of amides is 2. The average Bonchev–Trinajstić information content (AvgIpc) is 3.38. The molecule has 214 valence electrons. The van der Waals surface area contributed by atoms with Gasteiger partial charge in [-0.1, -0.05) is 30.3 Å². The summed E-state index contributed by atoms with van der Waals surface area (Å²) in [4.78, 5) is 30.1. The first-order valence-corrected chi connectivity index (χ1v) is 14.1. The largest absolute Gasteiger partial charge is 0.444 e. The van der Waals surface area contributed by atoms with Crippen molar-refractivity contribution in [1.29, 1.82) is 0 Å². The van der Waals surface area contributed by atoms with Crippen LogP contribution in [0, 0.1) is 6.92 Å². The van der Waals surface area contributed by atoms with Crippen molar-refractivity contribution in [3.05, 3.63) is 83.7 Å². The van der Waals surface area contributed by atoms with Gasteiger partial charge in [0.1, 0.15) is 5.60 Å². The average molecular weight is 554 g/mol. The molecule has 4 aromatic rings. The van der Waals surface area contributed by atoms with Crippen LogP contribution in [0.4, 0.5) is 10.5 Å². The molecule has 0 aliphatic carbocycles. The number of nitrogens with zero attached hydrogens (tertiary/aromatic N) is 4. The van der Waals surface area contributed by atoms with Gasteiger partial charge >= 0.3 is 6.09 Å². The number of carbonyl (C=O) groups is 2. The molecular formula is C33H39N5O3. The molecule has 41 heavy (non-hydrogen) atoms. The third-order valence-electron chi connectivity index (χ3n) is 7.51. The summed E-state index contributed by atoms with van der Waals surface area (Å²) in [5.74, 6) is -0.111. The number of anilines is 1. The van der Waals surface area contributed by atoms with E-state index in [9.17, 15) is 9.59 Å². The van der Waals surface area contributed by atoms with Crippen LogP contribution in [-0.2, 0) is 11.8 Å². The standard InChI is InChI=1S/C33H39N5O3/c1-22-11-12-27(37-13-15-38(16-14-37)32(40)41-33(3,4)5)19-29(22)31(39)35-23(2)30-18-25(26-20-34-36(6)21-26)17-24-9-7-8-10-28(24)30/h7-12,17-21,23H,13-16H2,1-6H3,(H,35,39). The SMILES string of the molecule is Cc1ccc(N2CCN(C(=O)OC(C)(C)C)CC2)cc1C(=O)NC(C)c1cc(-c2cnn(C)c2)cc2ccccc12. The number of benzene rings is 3. The zero-order valence-electron chi connectivity index (χ0n) is 24.8. The summed E-state index contributed by atoms with van der Waals surface area (Å²) < 4.78 is 7.32. The second-order valence-electron chi connectivity index (χ2n) is 11.8. The van der Waals surface area contributed by atoms with E-state index in [-0.39, 0.29) is 18.0 Å². The number of nitrogens with one attached hydrogen (secondary N) is 1. The Kier molecular flexibility index (Phi) is 7.76. The predicted molar refractivity (Wildman–Crippen MR) is 163 cm³/mol. The number of hydrogen-bond donors (Lipinski definition) is 1. The van der Waals surface area contributed by atoms with Gasteiger partial charge in [-0.15, -0.1) is 0 Å². The topological polar surface area (TPSA) is 79.7 Å². The van der Waals surface area contributed by atoms with Gasteiger partial charge in [-0.05, 0) is 86.3 Å². The number of aryl methyl sites for hydroxylation is 2. The van der Waals surface area contributed by atoms with Crippen LogP contribution in [0.1, 0.15) is 55.2 Å². The van der Waals surface area contributed by atoms with E-state index in [0.29, 0.717) is 31.7 Å². The first-order valence-electron chi connectivity index (χ1n) is 14.1. The molecule has 8 nitrogen and oxygen atoms in total. The molecule has 2 amide bonds. The molecule has 0 bridgehead atoms. The van der Waals surface area contributed by atoms with E-state index in [0.717, 1.165) is 38.7 Å². The lowest BCUT2D eigenvalue weighted by Gasteiger charge is -2.37. The first kappa shape index (κ1) is 28.2. The van der Waals surface area contributed by atoms with Crippen LogP contribution in [0.2, 0.25) is 0 Å². The molecule has 1 fully saturated rings. The summed E-state index contributed by atoms with van der Waals surface area (Å²) in [7, 11) is 1.91. The number of aromatic nitrogens is 2. The van der Waals surface area contributed by atoms with Crippen LogP contribution in [0.3, 0.4) is 0 Å². The summed E-state index contributed by atoms with van der Waals surface area (Å²) in [6.45, 7) is 12.1. The lowest BCUT2D eigenvalue weighted by Crippen LogP contribution is -2.50. The molecular weight excluding hydrogens is 514 g/mol. The second kappa shape index (κ2) is 11.3. The third kappa shape index (κ3) is 6.37. The molecule has 1 atom stereocenters. The maximum atomic E-state index is 13.6. The van der Waals surface area contributed by atoms with Crippen molar-refractivity contribution in [2.45, 2.75) is 46.3 Å². The molecule has 1 aliphatic heterocycles. The molecule has 2 heterocycles. The number of hydrogen-bond acceptors (Lipinski definition) is 5. The monoisotopic (exact) mass is 553 g/mol. The fraction of sp³-hybridized carbons (Fsp3) is 0.364. The highest BCUT2D eigenvalue weighted by molar-refractivity contribution is 5.98. The van der Waals surface area contributed by atoms with Crippen LogP contribution in [0.5, 0.6) is 0 Å². The summed E-state index contributed by atoms with van der Waals surface area (Å²) in [6, 6.07) is 18.4. The minimum Gasteiger partial charge on any atom is -0.444 e. The van der Waals surface area contributed by atoms with Gasteiger partial charge in [-0.25, -0.2) is 4.79 Å². The summed E-state index contributed by atoms with van der Waals surface area (Å²) in [5.41, 5.74) is 5.18. The third-order valence-corrected chi connectivity index (χ3v) is 7.51. The van der Waals surface area contributed by atoms with E-state index in [1.165, 1.54) is 0 Å². The molecule has 0 saturated carbocycles. The van der Waals surface area contributed by atoms with Crippen LogP contribution < -0.4 is 10.2 Å². The molecule has 0 radical (unpaired) electrons. The second-order valence-corrected chi connectivity index (χ2v) is 11.8. The lowest BCUT2D eigenvalue weighted by molar-refractivity contribution is 0.0240. The molecule has 5 rings (SSSR count). The minimum absolute atomic E-state index is 0.111. The molecule has 1 saturated heterocycles. The quantitative estimate of drug-likeness (QED) is 0.323. The number of carbonyl (C=O) groups excluding carboxylic acids is 2. The van der Waals surface area contributed by atoms with Crippen molar-refractivity contribution < 1.29 is 14.3 Å². The van der Waals surface area contributed by atoms with E-state index in [2.05, 4.69) is 39.6 Å². The maximum absolute atomic E-state index is 13.6. The Morgan fingerprint density at radius 3 is 2.39 bits per heavy atom. The van der Waals surface area contributed by atoms with E-state index in [4.69, 9.17) is 4.74 Å². The minimum atomic E-state index is -0.517. The Morgan fingerprint density at radius 2 is 1.71 bits per heavy atom. The van der Waals surface area contributed by atoms with E-state index in [1.807, 2.05) is 84.4 Å². The van der Waals surface area contributed by atoms with Gasteiger partial charge in [-0.2, -0.15) is 5.10 Å². The zero-order chi connectivity index (χ0) is 29.3. The maximum Gasteiger partial charge on any atom is 0.410 e. The van der Waals surface area contributed by atoms with Gasteiger partial charge in [0.25, 0.3) is 5.91 Å². The van der Waals surface area contributed by atoms with Crippen LogP contribution in [0.25, 0.3) is 21.9 Å². The molecule has 1 aromatic heterocycles. The van der Waals surface area contributed by atoms with Crippen LogP contribution in [-0.4, -0.2) is 58.5 Å². The highest BCUT2D eigenvalue weighted by Gasteiger charge is 2.26. The lowest BCUT2D eigenvalue weighted by atomic mass is 9.94. The van der Waals surface area contributed by atoms with Gasteiger partial charge in [0.05, 0.1) is 12.2 Å². The van der Waals surface area contributed by atoms with Gasteiger partial charge in [0.15, 0.2) is 0 Å². The number of rotatable bonds is 5. The van der Waals surface area contributed by atoms with Crippen molar-refractivity contribution >= 4 is 28.5 Å². The van der Waals surface area contributed by atoms with Crippen molar-refractivity contribution in [2.75, 3.05) is 31.1 Å². The van der Waals surface area contributed by atoms with Gasteiger partial charge in [0, 0.05) is 56.2 Å². The Hall–Kier alpha value is -4.33. The fourth-order valence-corrected chi connectivity index (χ4v) is 5.31. The van der Waals surface area contributed by atoms with Crippen LogP contribution in [0.15, 0.2) is 67.0 Å². The summed E-state index contributed by atoms with van der Waals surface area (Å²) in [5, 5.41) is 9.82. The number of piperazine rings is 1. The van der Waals surface area contributed by atoms with Crippen LogP contribution >= 0.6 is 0 Å². The van der Waals surface area contributed by atoms with E-state index >= 15 is 0 Å². The van der Waals surface area contributed by atoms with Crippen molar-refractivity contribution in [2.24, 2.45) is 7.05 Å². The van der Waals surface area contributed by atoms with Crippen molar-refractivity contribution in [3.63, 3.8) is 0 Å². The van der Waals surface area contributed by atoms with Crippen molar-refractivity contribution in [1.82, 2.24) is 20.0 Å². The Labute approximate surface area is 241 Å².